The number of piperazine rings is 1. The monoisotopic (exact) mass is 344 g/mol. The molecule has 8 heteroatoms. The molecule has 122 valence electrons. The molecular weight excluding hydrogens is 324 g/mol. The van der Waals surface area contributed by atoms with Gasteiger partial charge in [0.15, 0.2) is 0 Å². The third kappa shape index (κ3) is 3.19. The Morgan fingerprint density at radius 2 is 1.86 bits per heavy atom. The number of amides is 1. The van der Waals surface area contributed by atoms with Crippen LogP contribution >= 0.6 is 11.3 Å². The summed E-state index contributed by atoms with van der Waals surface area (Å²) in [4.78, 5) is 14.2. The predicted octanol–water partition coefficient (Wildman–Crippen LogP) is 1.01. The standard InChI is InChI=1S/C14H20N2O4S2/c17-14(12-3-9-20-10-4-12)15-5-7-16(8-6-15)22(18,19)13-2-1-11-21-13/h1-2,11-12H,3-10H2. The van der Waals surface area contributed by atoms with Crippen LogP contribution in [0.3, 0.4) is 0 Å². The van der Waals surface area contributed by atoms with Crippen LogP contribution < -0.4 is 0 Å². The van der Waals surface area contributed by atoms with Crippen LogP contribution in [0.4, 0.5) is 0 Å². The summed E-state index contributed by atoms with van der Waals surface area (Å²) in [7, 11) is -3.40. The van der Waals surface area contributed by atoms with Crippen molar-refractivity contribution in [3.05, 3.63) is 17.5 Å². The number of sulfonamides is 1. The molecule has 2 aliphatic heterocycles. The zero-order valence-corrected chi connectivity index (χ0v) is 13.9. The Kier molecular flexibility index (Phi) is 4.82. The van der Waals surface area contributed by atoms with Gasteiger partial charge in [-0.3, -0.25) is 4.79 Å². The van der Waals surface area contributed by atoms with E-state index in [4.69, 9.17) is 4.74 Å². The van der Waals surface area contributed by atoms with Crippen LogP contribution in [0.15, 0.2) is 21.7 Å². The second-order valence-electron chi connectivity index (χ2n) is 5.55. The van der Waals surface area contributed by atoms with Crippen LogP contribution in [0.25, 0.3) is 0 Å². The molecule has 0 spiro atoms. The SMILES string of the molecule is O=C(C1CCOCC1)N1CCN(S(=O)(=O)c2cccs2)CC1. The summed E-state index contributed by atoms with van der Waals surface area (Å²) >= 11 is 1.23. The van der Waals surface area contributed by atoms with Gasteiger partial charge in [-0.15, -0.1) is 11.3 Å². The topological polar surface area (TPSA) is 66.9 Å². The maximum Gasteiger partial charge on any atom is 0.252 e. The first-order valence-electron chi connectivity index (χ1n) is 7.49. The Hall–Kier alpha value is -0.960. The van der Waals surface area contributed by atoms with Crippen molar-refractivity contribution in [2.75, 3.05) is 39.4 Å². The summed E-state index contributed by atoms with van der Waals surface area (Å²) < 4.78 is 32.0. The smallest absolute Gasteiger partial charge is 0.252 e. The van der Waals surface area contributed by atoms with Crippen molar-refractivity contribution in [1.29, 1.82) is 0 Å². The largest absolute Gasteiger partial charge is 0.381 e. The van der Waals surface area contributed by atoms with Crippen LogP contribution in [0, 0.1) is 5.92 Å². The second-order valence-corrected chi connectivity index (χ2v) is 8.66. The van der Waals surface area contributed by atoms with Gasteiger partial charge < -0.3 is 9.64 Å². The average Bonchev–Trinajstić information content (AvgIpc) is 3.10. The van der Waals surface area contributed by atoms with Crippen LogP contribution in [0.1, 0.15) is 12.8 Å². The molecule has 3 rings (SSSR count). The van der Waals surface area contributed by atoms with Crippen molar-refractivity contribution in [3.8, 4) is 0 Å². The molecule has 22 heavy (non-hydrogen) atoms. The molecule has 1 aromatic heterocycles. The third-order valence-corrected chi connectivity index (χ3v) is 7.48. The Balaban J connectivity index is 1.59. The summed E-state index contributed by atoms with van der Waals surface area (Å²) in [6.07, 6.45) is 1.54. The number of ether oxygens (including phenoxy) is 1. The molecule has 0 unspecified atom stereocenters. The summed E-state index contributed by atoms with van der Waals surface area (Å²) in [6, 6.07) is 3.36. The van der Waals surface area contributed by atoms with Crippen LogP contribution in [-0.4, -0.2) is 62.9 Å². The lowest BCUT2D eigenvalue weighted by Gasteiger charge is -2.36. The lowest BCUT2D eigenvalue weighted by atomic mass is 9.98. The maximum atomic E-state index is 12.4. The van der Waals surface area contributed by atoms with E-state index in [1.807, 2.05) is 0 Å². The highest BCUT2D eigenvalue weighted by molar-refractivity contribution is 7.91. The Bertz CT molecular complexity index is 601. The molecule has 0 aromatic carbocycles. The van der Waals surface area contributed by atoms with Gasteiger partial charge in [-0.25, -0.2) is 8.42 Å². The highest BCUT2D eigenvalue weighted by Crippen LogP contribution is 2.23. The van der Waals surface area contributed by atoms with Gasteiger partial charge in [0.05, 0.1) is 0 Å². The summed E-state index contributed by atoms with van der Waals surface area (Å²) in [5, 5.41) is 1.76. The fraction of sp³-hybridized carbons (Fsp3) is 0.643. The minimum atomic E-state index is -3.40. The first-order valence-corrected chi connectivity index (χ1v) is 9.81. The van der Waals surface area contributed by atoms with E-state index in [9.17, 15) is 13.2 Å². The number of hydrogen-bond acceptors (Lipinski definition) is 5. The van der Waals surface area contributed by atoms with E-state index in [0.29, 0.717) is 43.6 Å². The molecule has 3 heterocycles. The number of hydrogen-bond donors (Lipinski definition) is 0. The fourth-order valence-corrected chi connectivity index (χ4v) is 5.46. The zero-order valence-electron chi connectivity index (χ0n) is 12.3. The molecule has 0 saturated carbocycles. The van der Waals surface area contributed by atoms with Gasteiger partial charge >= 0.3 is 0 Å². The fourth-order valence-electron chi connectivity index (χ4n) is 2.89. The van der Waals surface area contributed by atoms with Gasteiger partial charge in [-0.05, 0) is 24.3 Å². The molecule has 6 nitrogen and oxygen atoms in total. The minimum Gasteiger partial charge on any atom is -0.381 e. The van der Waals surface area contributed by atoms with E-state index in [1.165, 1.54) is 15.6 Å². The highest BCUT2D eigenvalue weighted by Gasteiger charge is 2.33. The minimum absolute atomic E-state index is 0.0363. The van der Waals surface area contributed by atoms with E-state index < -0.39 is 10.0 Å². The maximum absolute atomic E-state index is 12.4. The van der Waals surface area contributed by atoms with Crippen LogP contribution in [0.2, 0.25) is 0 Å². The summed E-state index contributed by atoms with van der Waals surface area (Å²) in [5.41, 5.74) is 0. The first kappa shape index (κ1) is 15.9. The first-order chi connectivity index (χ1) is 10.6. The summed E-state index contributed by atoms with van der Waals surface area (Å²) in [5.74, 6) is 0.186. The molecule has 2 saturated heterocycles. The van der Waals surface area contributed by atoms with Crippen molar-refractivity contribution in [2.45, 2.75) is 17.1 Å². The lowest BCUT2D eigenvalue weighted by Crippen LogP contribution is -2.52. The van der Waals surface area contributed by atoms with Gasteiger partial charge in [0.25, 0.3) is 10.0 Å². The predicted molar refractivity (Wildman–Crippen MR) is 83.2 cm³/mol. The van der Waals surface area contributed by atoms with Crippen molar-refractivity contribution < 1.29 is 17.9 Å². The normalized spacial score (nSPS) is 21.9. The average molecular weight is 344 g/mol. The molecule has 0 bridgehead atoms. The molecule has 0 atom stereocenters. The van der Waals surface area contributed by atoms with Crippen molar-refractivity contribution in [3.63, 3.8) is 0 Å². The van der Waals surface area contributed by atoms with E-state index in [0.717, 1.165) is 12.8 Å². The number of carbonyl (C=O) groups is 1. The lowest BCUT2D eigenvalue weighted by molar-refractivity contribution is -0.139. The van der Waals surface area contributed by atoms with Gasteiger partial charge in [0, 0.05) is 45.3 Å². The van der Waals surface area contributed by atoms with Gasteiger partial charge in [0.1, 0.15) is 4.21 Å². The number of carbonyl (C=O) groups excluding carboxylic acids is 1. The van der Waals surface area contributed by atoms with Crippen molar-refractivity contribution in [1.82, 2.24) is 9.21 Å². The van der Waals surface area contributed by atoms with E-state index >= 15 is 0 Å². The van der Waals surface area contributed by atoms with E-state index in [1.54, 1.807) is 22.4 Å². The van der Waals surface area contributed by atoms with Gasteiger partial charge in [0.2, 0.25) is 5.91 Å². The van der Waals surface area contributed by atoms with Crippen LogP contribution in [-0.2, 0) is 19.6 Å². The van der Waals surface area contributed by atoms with E-state index in [2.05, 4.69) is 0 Å². The molecular formula is C14H20N2O4S2. The molecule has 1 aromatic rings. The Labute approximate surface area is 134 Å². The van der Waals surface area contributed by atoms with Crippen molar-refractivity contribution >= 4 is 27.3 Å². The van der Waals surface area contributed by atoms with Crippen LogP contribution in [0.5, 0.6) is 0 Å². The molecule has 0 radical (unpaired) electrons. The number of rotatable bonds is 3. The molecule has 2 aliphatic rings. The molecule has 1 amide bonds. The third-order valence-electron chi connectivity index (χ3n) is 4.21. The quantitative estimate of drug-likeness (QED) is 0.821. The Morgan fingerprint density at radius 1 is 1.18 bits per heavy atom. The van der Waals surface area contributed by atoms with Crippen molar-refractivity contribution in [2.24, 2.45) is 5.92 Å². The molecule has 0 aliphatic carbocycles. The zero-order chi connectivity index (χ0) is 15.6. The molecule has 2 fully saturated rings. The number of thiophene rings is 1. The van der Waals surface area contributed by atoms with E-state index in [-0.39, 0.29) is 11.8 Å². The second kappa shape index (κ2) is 6.66. The summed E-state index contributed by atoms with van der Waals surface area (Å²) in [6.45, 7) is 2.97. The molecule has 0 N–H and O–H groups in total. The highest BCUT2D eigenvalue weighted by atomic mass is 32.2. The van der Waals surface area contributed by atoms with Gasteiger partial charge in [-0.1, -0.05) is 6.07 Å². The van der Waals surface area contributed by atoms with Gasteiger partial charge in [-0.2, -0.15) is 4.31 Å². The Morgan fingerprint density at radius 3 is 2.45 bits per heavy atom. The number of nitrogens with zero attached hydrogens (tertiary/aromatic N) is 2.